The second kappa shape index (κ2) is 13.0. The highest BCUT2D eigenvalue weighted by Gasteiger charge is 2.55. The van der Waals surface area contributed by atoms with E-state index in [2.05, 4.69) is 229 Å². The first-order chi connectivity index (χ1) is 30.3. The molecule has 61 heavy (non-hydrogen) atoms. The quantitative estimate of drug-likeness (QED) is 0.162. The van der Waals surface area contributed by atoms with E-state index < -0.39 is 5.41 Å². The number of rotatable bonds is 5. The van der Waals surface area contributed by atoms with E-state index in [0.717, 1.165) is 33.8 Å². The predicted octanol–water partition coefficient (Wildman–Crippen LogP) is 15.9. The number of para-hydroxylation sites is 3. The number of anilines is 3. The van der Waals surface area contributed by atoms with E-state index in [1.165, 1.54) is 82.7 Å². The molecule has 0 radical (unpaired) electrons. The summed E-state index contributed by atoms with van der Waals surface area (Å²) in [6, 6.07) is 82.0. The maximum absolute atomic E-state index is 7.18. The molecule has 0 saturated heterocycles. The predicted molar refractivity (Wildman–Crippen MR) is 253 cm³/mol. The van der Waals surface area contributed by atoms with Crippen molar-refractivity contribution in [3.63, 3.8) is 0 Å². The van der Waals surface area contributed by atoms with Gasteiger partial charge >= 0.3 is 0 Å². The lowest BCUT2D eigenvalue weighted by atomic mass is 9.72. The number of benzene rings is 10. The average Bonchev–Trinajstić information content (AvgIpc) is 3.95. The van der Waals surface area contributed by atoms with Crippen molar-refractivity contribution in [2.75, 3.05) is 4.90 Å². The van der Waals surface area contributed by atoms with Crippen LogP contribution in [0.2, 0.25) is 0 Å². The zero-order chi connectivity index (χ0) is 40.1. The third-order valence-corrected chi connectivity index (χ3v) is 13.2. The zero-order valence-electron chi connectivity index (χ0n) is 33.2. The standard InChI is InChI=1S/C59H37NO/c1-3-16-42(17-4-1)60(43-18-5-2-6-19-43)44-32-34-50-55(37-44)59(58-57(50)51-24-12-14-26-56(51)61-58)53-25-13-11-23-48(53)49-33-31-40(36-54(49)59)38-27-29-39(30-28-38)52-35-41-15-7-8-20-45(41)46-21-9-10-22-47(46)52/h1-37H. The second-order valence-electron chi connectivity index (χ2n) is 16.4. The molecule has 1 spiro atoms. The van der Waals surface area contributed by atoms with Gasteiger partial charge in [-0.2, -0.15) is 0 Å². The van der Waals surface area contributed by atoms with E-state index in [-0.39, 0.29) is 0 Å². The molecular formula is C59H37NO. The molecule has 10 aromatic carbocycles. The fourth-order valence-electron chi connectivity index (χ4n) is 10.6. The van der Waals surface area contributed by atoms with Crippen LogP contribution in [0, 0.1) is 0 Å². The molecule has 2 aliphatic carbocycles. The Morgan fingerprint density at radius 3 is 1.69 bits per heavy atom. The SMILES string of the molecule is c1ccc(N(c2ccccc2)c2ccc3c(c2)C2(c4ccccc4-c4ccc(-c5ccc(-c6cc7ccccc7c7ccccc67)cc5)cc42)c2oc4ccccc4c2-3)cc1. The number of hydrogen-bond acceptors (Lipinski definition) is 2. The zero-order valence-corrected chi connectivity index (χ0v) is 33.2. The molecule has 2 heteroatoms. The number of furan rings is 1. The molecule has 1 unspecified atom stereocenters. The molecule has 284 valence electrons. The summed E-state index contributed by atoms with van der Waals surface area (Å²) in [6.45, 7) is 0. The monoisotopic (exact) mass is 775 g/mol. The molecule has 2 nitrogen and oxygen atoms in total. The summed E-state index contributed by atoms with van der Waals surface area (Å²) in [5, 5.41) is 6.23. The number of fused-ring (bicyclic) bond motifs is 15. The Kier molecular flexibility index (Phi) is 7.26. The van der Waals surface area contributed by atoms with Crippen molar-refractivity contribution in [3.05, 3.63) is 247 Å². The number of nitrogens with zero attached hydrogens (tertiary/aromatic N) is 1. The third-order valence-electron chi connectivity index (χ3n) is 13.2. The second-order valence-corrected chi connectivity index (χ2v) is 16.4. The third kappa shape index (κ3) is 4.85. The number of hydrogen-bond donors (Lipinski definition) is 0. The maximum atomic E-state index is 7.18. The van der Waals surface area contributed by atoms with Crippen molar-refractivity contribution >= 4 is 49.6 Å². The van der Waals surface area contributed by atoms with Gasteiger partial charge in [0.2, 0.25) is 0 Å². The van der Waals surface area contributed by atoms with E-state index >= 15 is 0 Å². The van der Waals surface area contributed by atoms with Crippen LogP contribution in [0.15, 0.2) is 229 Å². The molecular weight excluding hydrogens is 739 g/mol. The normalized spacial score (nSPS) is 14.6. The Morgan fingerprint density at radius 2 is 0.902 bits per heavy atom. The van der Waals surface area contributed by atoms with E-state index in [1.54, 1.807) is 0 Å². The summed E-state index contributed by atoms with van der Waals surface area (Å²) < 4.78 is 7.18. The van der Waals surface area contributed by atoms with Gasteiger partial charge in [-0.3, -0.25) is 0 Å². The van der Waals surface area contributed by atoms with Crippen LogP contribution in [0.5, 0.6) is 0 Å². The van der Waals surface area contributed by atoms with E-state index in [0.29, 0.717) is 0 Å². The van der Waals surface area contributed by atoms with Crippen molar-refractivity contribution < 1.29 is 4.42 Å². The fourth-order valence-corrected chi connectivity index (χ4v) is 10.6. The van der Waals surface area contributed by atoms with Crippen LogP contribution in [0.25, 0.3) is 77.0 Å². The largest absolute Gasteiger partial charge is 0.459 e. The molecule has 0 saturated carbocycles. The van der Waals surface area contributed by atoms with Crippen molar-refractivity contribution in [1.29, 1.82) is 0 Å². The molecule has 1 atom stereocenters. The summed E-state index contributed by atoms with van der Waals surface area (Å²) in [4.78, 5) is 2.37. The maximum Gasteiger partial charge on any atom is 0.135 e. The summed E-state index contributed by atoms with van der Waals surface area (Å²) in [5.74, 6) is 0.994. The van der Waals surface area contributed by atoms with Gasteiger partial charge in [0.15, 0.2) is 0 Å². The average molecular weight is 776 g/mol. The van der Waals surface area contributed by atoms with Crippen LogP contribution in [0.3, 0.4) is 0 Å². The Hall–Kier alpha value is -7.94. The van der Waals surface area contributed by atoms with Crippen LogP contribution < -0.4 is 4.90 Å². The summed E-state index contributed by atoms with van der Waals surface area (Å²) >= 11 is 0. The summed E-state index contributed by atoms with van der Waals surface area (Å²) in [5.41, 5.74) is 17.0. The Bertz CT molecular complexity index is 3490. The lowest BCUT2D eigenvalue weighted by Crippen LogP contribution is -2.26. The van der Waals surface area contributed by atoms with Gasteiger partial charge in [0.25, 0.3) is 0 Å². The molecule has 0 aliphatic heterocycles. The van der Waals surface area contributed by atoms with Gasteiger partial charge < -0.3 is 9.32 Å². The minimum absolute atomic E-state index is 0.676. The van der Waals surface area contributed by atoms with Crippen molar-refractivity contribution in [2.24, 2.45) is 0 Å². The first-order valence-electron chi connectivity index (χ1n) is 21.1. The van der Waals surface area contributed by atoms with E-state index in [9.17, 15) is 0 Å². The first kappa shape index (κ1) is 34.0. The highest BCUT2D eigenvalue weighted by atomic mass is 16.3. The Balaban J connectivity index is 1.02. The Morgan fingerprint density at radius 1 is 0.328 bits per heavy atom. The lowest BCUT2D eigenvalue weighted by Gasteiger charge is -2.31. The van der Waals surface area contributed by atoms with Gasteiger partial charge in [-0.05, 0) is 132 Å². The van der Waals surface area contributed by atoms with E-state index in [4.69, 9.17) is 4.42 Å². The topological polar surface area (TPSA) is 16.4 Å². The molecule has 13 rings (SSSR count). The minimum Gasteiger partial charge on any atom is -0.459 e. The summed E-state index contributed by atoms with van der Waals surface area (Å²) in [6.07, 6.45) is 0. The molecule has 2 aliphatic rings. The molecule has 0 bridgehead atoms. The van der Waals surface area contributed by atoms with Crippen LogP contribution >= 0.6 is 0 Å². The fraction of sp³-hybridized carbons (Fsp3) is 0.0169. The van der Waals surface area contributed by atoms with Crippen molar-refractivity contribution in [1.82, 2.24) is 0 Å². The van der Waals surface area contributed by atoms with Crippen LogP contribution in [0.4, 0.5) is 17.1 Å². The minimum atomic E-state index is -0.676. The lowest BCUT2D eigenvalue weighted by molar-refractivity contribution is 0.507. The van der Waals surface area contributed by atoms with Crippen molar-refractivity contribution in [2.45, 2.75) is 5.41 Å². The molecule has 11 aromatic rings. The van der Waals surface area contributed by atoms with Crippen LogP contribution in [-0.4, -0.2) is 0 Å². The van der Waals surface area contributed by atoms with Gasteiger partial charge in [0, 0.05) is 28.0 Å². The van der Waals surface area contributed by atoms with Gasteiger partial charge in [-0.1, -0.05) is 170 Å². The van der Waals surface area contributed by atoms with E-state index in [1.807, 2.05) is 0 Å². The van der Waals surface area contributed by atoms with Gasteiger partial charge in [0.05, 0.1) is 0 Å². The molecule has 1 heterocycles. The highest BCUT2D eigenvalue weighted by Crippen LogP contribution is 2.65. The highest BCUT2D eigenvalue weighted by molar-refractivity contribution is 6.14. The Labute approximate surface area is 354 Å². The smallest absolute Gasteiger partial charge is 0.135 e. The van der Waals surface area contributed by atoms with Gasteiger partial charge in [-0.25, -0.2) is 0 Å². The molecule has 0 amide bonds. The summed E-state index contributed by atoms with van der Waals surface area (Å²) in [7, 11) is 0. The molecule has 1 aromatic heterocycles. The molecule has 0 fully saturated rings. The first-order valence-corrected chi connectivity index (χ1v) is 21.1. The van der Waals surface area contributed by atoms with Crippen LogP contribution in [-0.2, 0) is 5.41 Å². The van der Waals surface area contributed by atoms with Gasteiger partial charge in [0.1, 0.15) is 16.8 Å². The van der Waals surface area contributed by atoms with Crippen LogP contribution in [0.1, 0.15) is 22.5 Å². The van der Waals surface area contributed by atoms with Gasteiger partial charge in [-0.15, -0.1) is 0 Å². The van der Waals surface area contributed by atoms with Crippen molar-refractivity contribution in [3.8, 4) is 44.5 Å². The molecule has 0 N–H and O–H groups in total.